The largest absolute Gasteiger partial charge is 0.479 e. The molecule has 1 heterocycles. The third-order valence-electron chi connectivity index (χ3n) is 5.16. The molecule has 0 saturated heterocycles. The van der Waals surface area contributed by atoms with Crippen molar-refractivity contribution in [3.05, 3.63) is 77.6 Å². The number of nitrogens with zero attached hydrogens (tertiary/aromatic N) is 2. The number of carboxylic acid groups (broad SMARTS) is 1. The first kappa shape index (κ1) is 18.7. The summed E-state index contributed by atoms with van der Waals surface area (Å²) < 4.78 is 7.04. The lowest BCUT2D eigenvalue weighted by Gasteiger charge is -2.17. The van der Waals surface area contributed by atoms with E-state index in [0.29, 0.717) is 12.1 Å². The first-order valence-corrected chi connectivity index (χ1v) is 9.45. The van der Waals surface area contributed by atoms with Crippen molar-refractivity contribution in [1.82, 2.24) is 15.1 Å². The van der Waals surface area contributed by atoms with Crippen LogP contribution in [-0.2, 0) is 16.1 Å². The van der Waals surface area contributed by atoms with Gasteiger partial charge >= 0.3 is 12.1 Å². The maximum absolute atomic E-state index is 12.4. The number of carbonyl (C=O) groups excluding carboxylic acids is 1. The van der Waals surface area contributed by atoms with Gasteiger partial charge in [0.05, 0.1) is 6.20 Å². The molecule has 0 bridgehead atoms. The Hall–Kier alpha value is -3.61. The van der Waals surface area contributed by atoms with Crippen LogP contribution in [0.4, 0.5) is 4.79 Å². The molecule has 29 heavy (non-hydrogen) atoms. The van der Waals surface area contributed by atoms with Crippen molar-refractivity contribution in [2.45, 2.75) is 25.4 Å². The second-order valence-corrected chi connectivity index (χ2v) is 6.87. The van der Waals surface area contributed by atoms with E-state index < -0.39 is 18.1 Å². The SMILES string of the molecule is CCn1cc([C@@H](NC(=O)OCC2c3ccccc3-c3ccccc32)C(=O)O)cn1. The van der Waals surface area contributed by atoms with Gasteiger partial charge in [-0.2, -0.15) is 5.10 Å². The minimum atomic E-state index is -1.22. The Labute approximate surface area is 167 Å². The maximum Gasteiger partial charge on any atom is 0.408 e. The monoisotopic (exact) mass is 391 g/mol. The number of ether oxygens (including phenoxy) is 1. The first-order chi connectivity index (χ1) is 14.1. The van der Waals surface area contributed by atoms with Crippen LogP contribution in [0.1, 0.15) is 35.6 Å². The van der Waals surface area contributed by atoms with Gasteiger partial charge in [0.2, 0.25) is 0 Å². The van der Waals surface area contributed by atoms with Crippen LogP contribution >= 0.6 is 0 Å². The standard InChI is InChI=1S/C22H21N3O4/c1-2-25-12-14(11-23-25)20(21(26)27)24-22(28)29-13-19-17-9-5-3-7-15(17)16-8-4-6-10-18(16)19/h3-12,19-20H,2,13H2,1H3,(H,24,28)(H,26,27)/t20-/m1/s1. The quantitative estimate of drug-likeness (QED) is 0.670. The number of amides is 1. The Balaban J connectivity index is 1.47. The molecule has 0 radical (unpaired) electrons. The summed E-state index contributed by atoms with van der Waals surface area (Å²) >= 11 is 0. The number of aromatic nitrogens is 2. The Morgan fingerprint density at radius 3 is 2.31 bits per heavy atom. The molecule has 7 heteroatoms. The van der Waals surface area contributed by atoms with Gasteiger partial charge in [-0.1, -0.05) is 48.5 Å². The number of carboxylic acids is 1. The van der Waals surface area contributed by atoms with Gasteiger partial charge in [-0.25, -0.2) is 9.59 Å². The van der Waals surface area contributed by atoms with E-state index in [1.807, 2.05) is 43.3 Å². The third-order valence-corrected chi connectivity index (χ3v) is 5.16. The van der Waals surface area contributed by atoms with E-state index in [2.05, 4.69) is 22.5 Å². The Morgan fingerprint density at radius 1 is 1.14 bits per heavy atom. The summed E-state index contributed by atoms with van der Waals surface area (Å²) in [5, 5.41) is 16.0. The number of benzene rings is 2. The Morgan fingerprint density at radius 2 is 1.76 bits per heavy atom. The molecule has 2 aromatic carbocycles. The van der Waals surface area contributed by atoms with E-state index in [1.165, 1.54) is 6.20 Å². The third kappa shape index (κ3) is 3.59. The summed E-state index contributed by atoms with van der Waals surface area (Å²) in [4.78, 5) is 24.0. The lowest BCUT2D eigenvalue weighted by atomic mass is 9.98. The average molecular weight is 391 g/mol. The molecule has 0 unspecified atom stereocenters. The number of fused-ring (bicyclic) bond motifs is 3. The molecule has 0 aliphatic heterocycles. The molecular formula is C22H21N3O4. The van der Waals surface area contributed by atoms with Gasteiger partial charge in [0, 0.05) is 24.2 Å². The van der Waals surface area contributed by atoms with Crippen LogP contribution in [0.2, 0.25) is 0 Å². The molecule has 148 valence electrons. The van der Waals surface area contributed by atoms with Gasteiger partial charge in [0.1, 0.15) is 6.61 Å². The van der Waals surface area contributed by atoms with E-state index >= 15 is 0 Å². The molecule has 1 atom stereocenters. The zero-order chi connectivity index (χ0) is 20.4. The fraction of sp³-hybridized carbons (Fsp3) is 0.227. The van der Waals surface area contributed by atoms with Crippen LogP contribution in [0.15, 0.2) is 60.9 Å². The molecule has 0 saturated carbocycles. The van der Waals surface area contributed by atoms with Gasteiger partial charge in [-0.05, 0) is 29.2 Å². The summed E-state index contributed by atoms with van der Waals surface area (Å²) in [7, 11) is 0. The molecule has 0 spiro atoms. The van der Waals surface area contributed by atoms with Crippen molar-refractivity contribution in [2.75, 3.05) is 6.61 Å². The van der Waals surface area contributed by atoms with E-state index in [-0.39, 0.29) is 12.5 Å². The Bertz CT molecular complexity index is 1010. The van der Waals surface area contributed by atoms with Crippen LogP contribution in [0.25, 0.3) is 11.1 Å². The fourth-order valence-corrected chi connectivity index (χ4v) is 3.75. The molecular weight excluding hydrogens is 370 g/mol. The lowest BCUT2D eigenvalue weighted by Crippen LogP contribution is -2.34. The molecule has 3 aromatic rings. The van der Waals surface area contributed by atoms with Gasteiger partial charge in [-0.15, -0.1) is 0 Å². The average Bonchev–Trinajstić information content (AvgIpc) is 3.33. The molecule has 1 aliphatic carbocycles. The van der Waals surface area contributed by atoms with Gasteiger partial charge in [0.25, 0.3) is 0 Å². The number of carbonyl (C=O) groups is 2. The zero-order valence-corrected chi connectivity index (χ0v) is 15.9. The number of hydrogen-bond acceptors (Lipinski definition) is 4. The molecule has 1 aliphatic rings. The van der Waals surface area contributed by atoms with E-state index in [0.717, 1.165) is 22.3 Å². The van der Waals surface area contributed by atoms with Crippen molar-refractivity contribution in [2.24, 2.45) is 0 Å². The fourth-order valence-electron chi connectivity index (χ4n) is 3.75. The smallest absolute Gasteiger partial charge is 0.408 e. The van der Waals surface area contributed by atoms with Crippen LogP contribution in [0.5, 0.6) is 0 Å². The van der Waals surface area contributed by atoms with Gasteiger partial charge in [0.15, 0.2) is 6.04 Å². The highest BCUT2D eigenvalue weighted by atomic mass is 16.5. The van der Waals surface area contributed by atoms with Crippen molar-refractivity contribution >= 4 is 12.1 Å². The van der Waals surface area contributed by atoms with Gasteiger partial charge in [-0.3, -0.25) is 4.68 Å². The normalized spacial score (nSPS) is 13.4. The topological polar surface area (TPSA) is 93.5 Å². The predicted molar refractivity (Wildman–Crippen MR) is 106 cm³/mol. The number of alkyl carbamates (subject to hydrolysis) is 1. The molecule has 4 rings (SSSR count). The second-order valence-electron chi connectivity index (χ2n) is 6.87. The van der Waals surface area contributed by atoms with Crippen LogP contribution in [-0.4, -0.2) is 33.6 Å². The minimum Gasteiger partial charge on any atom is -0.479 e. The molecule has 1 amide bonds. The van der Waals surface area contributed by atoms with E-state index in [4.69, 9.17) is 4.74 Å². The van der Waals surface area contributed by atoms with E-state index in [1.54, 1.807) is 10.9 Å². The van der Waals surface area contributed by atoms with Crippen molar-refractivity contribution in [1.29, 1.82) is 0 Å². The molecule has 2 N–H and O–H groups in total. The van der Waals surface area contributed by atoms with Crippen molar-refractivity contribution in [3.8, 4) is 11.1 Å². The van der Waals surface area contributed by atoms with E-state index in [9.17, 15) is 14.7 Å². The minimum absolute atomic E-state index is 0.0840. The van der Waals surface area contributed by atoms with Crippen LogP contribution in [0.3, 0.4) is 0 Å². The predicted octanol–water partition coefficient (Wildman–Crippen LogP) is 3.57. The lowest BCUT2D eigenvalue weighted by molar-refractivity contribution is -0.139. The number of aliphatic carboxylic acids is 1. The highest BCUT2D eigenvalue weighted by molar-refractivity contribution is 5.82. The van der Waals surface area contributed by atoms with Crippen LogP contribution < -0.4 is 5.32 Å². The summed E-state index contributed by atoms with van der Waals surface area (Å²) in [6, 6.07) is 14.8. The Kier molecular flexibility index (Phi) is 5.03. The second kappa shape index (κ2) is 7.79. The van der Waals surface area contributed by atoms with Crippen LogP contribution in [0, 0.1) is 0 Å². The van der Waals surface area contributed by atoms with Gasteiger partial charge < -0.3 is 15.2 Å². The highest BCUT2D eigenvalue weighted by Gasteiger charge is 2.30. The summed E-state index contributed by atoms with van der Waals surface area (Å²) in [5.74, 6) is -1.26. The first-order valence-electron chi connectivity index (χ1n) is 9.45. The number of aryl methyl sites for hydroxylation is 1. The molecule has 1 aromatic heterocycles. The summed E-state index contributed by atoms with van der Waals surface area (Å²) in [5.41, 5.74) is 4.86. The molecule has 7 nitrogen and oxygen atoms in total. The number of nitrogens with one attached hydrogen (secondary N) is 1. The summed E-state index contributed by atoms with van der Waals surface area (Å²) in [6.45, 7) is 2.63. The zero-order valence-electron chi connectivity index (χ0n) is 15.9. The summed E-state index contributed by atoms with van der Waals surface area (Å²) in [6.07, 6.45) is 2.26. The van der Waals surface area contributed by atoms with Crippen molar-refractivity contribution < 1.29 is 19.4 Å². The maximum atomic E-state index is 12.4. The van der Waals surface area contributed by atoms with Crippen molar-refractivity contribution in [3.63, 3.8) is 0 Å². The number of rotatable bonds is 6. The highest BCUT2D eigenvalue weighted by Crippen LogP contribution is 2.44. The molecule has 0 fully saturated rings. The number of hydrogen-bond donors (Lipinski definition) is 2.